The topological polar surface area (TPSA) is 73.1 Å². The normalized spacial score (nSPS) is 26.4. The summed E-state index contributed by atoms with van der Waals surface area (Å²) in [6.07, 6.45) is 5.25. The fraction of sp³-hybridized carbons (Fsp3) is 0.867. The Bertz CT molecular complexity index is 522. The molecule has 0 aliphatic carbocycles. The molecule has 2 atom stereocenters. The van der Waals surface area contributed by atoms with Crippen LogP contribution in [0.15, 0.2) is 5.16 Å². The Balaban J connectivity index is 1.60. The zero-order chi connectivity index (χ0) is 16.2. The van der Waals surface area contributed by atoms with Gasteiger partial charge in [-0.15, -0.1) is 5.10 Å². The molecule has 7 nitrogen and oxygen atoms in total. The highest BCUT2D eigenvalue weighted by Gasteiger charge is 2.29. The van der Waals surface area contributed by atoms with Gasteiger partial charge < -0.3 is 9.64 Å². The number of thioether (sulfide) groups is 1. The molecule has 3 heterocycles. The molecular formula is C15H25N5O2S. The van der Waals surface area contributed by atoms with E-state index in [0.29, 0.717) is 17.8 Å². The lowest BCUT2D eigenvalue weighted by molar-refractivity contribution is -0.134. The van der Waals surface area contributed by atoms with Crippen LogP contribution in [-0.4, -0.2) is 62.1 Å². The van der Waals surface area contributed by atoms with Gasteiger partial charge in [0, 0.05) is 25.3 Å². The van der Waals surface area contributed by atoms with Crippen LogP contribution < -0.4 is 0 Å². The number of ether oxygens (including phenoxy) is 1. The second-order valence-electron chi connectivity index (χ2n) is 6.47. The van der Waals surface area contributed by atoms with Gasteiger partial charge in [-0.3, -0.25) is 4.79 Å². The molecule has 2 aliphatic heterocycles. The number of hydrogen-bond donors (Lipinski definition) is 0. The molecule has 2 aliphatic rings. The van der Waals surface area contributed by atoms with Crippen LogP contribution in [-0.2, 0) is 9.53 Å². The number of tetrazole rings is 1. The molecule has 0 bridgehead atoms. The number of amides is 1. The third-order valence-electron chi connectivity index (χ3n) is 4.81. The molecule has 0 N–H and O–H groups in total. The van der Waals surface area contributed by atoms with Crippen LogP contribution in [0.1, 0.15) is 52.0 Å². The third-order valence-corrected chi connectivity index (χ3v) is 5.72. The Kier molecular flexibility index (Phi) is 5.53. The highest BCUT2D eigenvalue weighted by molar-refractivity contribution is 7.99. The van der Waals surface area contributed by atoms with Gasteiger partial charge in [-0.05, 0) is 56.4 Å². The van der Waals surface area contributed by atoms with E-state index in [-0.39, 0.29) is 11.9 Å². The summed E-state index contributed by atoms with van der Waals surface area (Å²) < 4.78 is 7.25. The van der Waals surface area contributed by atoms with Crippen molar-refractivity contribution in [3.8, 4) is 0 Å². The van der Waals surface area contributed by atoms with Crippen molar-refractivity contribution in [2.45, 2.75) is 69.2 Å². The Hall–Kier alpha value is -1.15. The number of carbonyl (C=O) groups is 1. The molecule has 2 fully saturated rings. The van der Waals surface area contributed by atoms with Gasteiger partial charge >= 0.3 is 0 Å². The third kappa shape index (κ3) is 3.85. The van der Waals surface area contributed by atoms with E-state index in [2.05, 4.69) is 29.4 Å². The van der Waals surface area contributed by atoms with Crippen LogP contribution in [0.25, 0.3) is 0 Å². The SMILES string of the molecule is CC1CCCC(C)N1C(=O)CSc1nnnn1C1CCOCC1. The first-order valence-electron chi connectivity index (χ1n) is 8.46. The number of piperidine rings is 1. The molecule has 3 rings (SSSR count). The van der Waals surface area contributed by atoms with E-state index in [1.807, 2.05) is 9.58 Å². The van der Waals surface area contributed by atoms with Crippen molar-refractivity contribution >= 4 is 17.7 Å². The Labute approximate surface area is 141 Å². The zero-order valence-electron chi connectivity index (χ0n) is 13.8. The summed E-state index contributed by atoms with van der Waals surface area (Å²) in [6.45, 7) is 5.78. The van der Waals surface area contributed by atoms with E-state index >= 15 is 0 Å². The lowest BCUT2D eigenvalue weighted by Crippen LogP contribution is -2.48. The molecule has 2 unspecified atom stereocenters. The summed E-state index contributed by atoms with van der Waals surface area (Å²) in [7, 11) is 0. The van der Waals surface area contributed by atoms with Gasteiger partial charge in [-0.2, -0.15) is 0 Å². The van der Waals surface area contributed by atoms with Crippen LogP contribution in [0.4, 0.5) is 0 Å². The van der Waals surface area contributed by atoms with Crippen LogP contribution in [0, 0.1) is 0 Å². The van der Waals surface area contributed by atoms with Crippen LogP contribution in [0.2, 0.25) is 0 Å². The molecular weight excluding hydrogens is 314 g/mol. The molecule has 2 saturated heterocycles. The summed E-state index contributed by atoms with van der Waals surface area (Å²) >= 11 is 1.45. The Morgan fingerprint density at radius 1 is 1.22 bits per heavy atom. The van der Waals surface area contributed by atoms with Gasteiger partial charge in [0.2, 0.25) is 11.1 Å². The van der Waals surface area contributed by atoms with Crippen LogP contribution >= 0.6 is 11.8 Å². The number of hydrogen-bond acceptors (Lipinski definition) is 6. The predicted octanol–water partition coefficient (Wildman–Crippen LogP) is 1.91. The molecule has 1 amide bonds. The average Bonchev–Trinajstić information content (AvgIpc) is 3.02. The fourth-order valence-corrected chi connectivity index (χ4v) is 4.37. The molecule has 0 radical (unpaired) electrons. The highest BCUT2D eigenvalue weighted by Crippen LogP contribution is 2.27. The monoisotopic (exact) mass is 339 g/mol. The minimum absolute atomic E-state index is 0.191. The van der Waals surface area contributed by atoms with E-state index in [1.165, 1.54) is 18.2 Å². The molecule has 1 aromatic rings. The van der Waals surface area contributed by atoms with Gasteiger partial charge in [-0.25, -0.2) is 4.68 Å². The first-order valence-corrected chi connectivity index (χ1v) is 9.45. The van der Waals surface area contributed by atoms with Crippen LogP contribution in [0.3, 0.4) is 0 Å². The Morgan fingerprint density at radius 2 is 1.91 bits per heavy atom. The summed E-state index contributed by atoms with van der Waals surface area (Å²) in [6, 6.07) is 0.945. The number of carbonyl (C=O) groups excluding carboxylic acids is 1. The molecule has 128 valence electrons. The number of rotatable bonds is 4. The van der Waals surface area contributed by atoms with Crippen molar-refractivity contribution < 1.29 is 9.53 Å². The minimum Gasteiger partial charge on any atom is -0.381 e. The molecule has 0 saturated carbocycles. The van der Waals surface area contributed by atoms with Gasteiger partial charge in [0.05, 0.1) is 11.8 Å². The predicted molar refractivity (Wildman–Crippen MR) is 87.3 cm³/mol. The van der Waals surface area contributed by atoms with Gasteiger partial charge in [0.25, 0.3) is 0 Å². The summed E-state index contributed by atoms with van der Waals surface area (Å²) in [5.41, 5.74) is 0. The van der Waals surface area contributed by atoms with Gasteiger partial charge in [0.1, 0.15) is 0 Å². The van der Waals surface area contributed by atoms with Gasteiger partial charge in [0.15, 0.2) is 0 Å². The van der Waals surface area contributed by atoms with Crippen molar-refractivity contribution in [1.29, 1.82) is 0 Å². The van der Waals surface area contributed by atoms with Crippen molar-refractivity contribution in [1.82, 2.24) is 25.1 Å². The van der Waals surface area contributed by atoms with Crippen molar-refractivity contribution in [2.75, 3.05) is 19.0 Å². The summed E-state index contributed by atoms with van der Waals surface area (Å²) in [5, 5.41) is 12.7. The lowest BCUT2D eigenvalue weighted by atomic mass is 9.98. The smallest absolute Gasteiger partial charge is 0.233 e. The van der Waals surface area contributed by atoms with Crippen molar-refractivity contribution in [2.24, 2.45) is 0 Å². The minimum atomic E-state index is 0.191. The average molecular weight is 339 g/mol. The largest absolute Gasteiger partial charge is 0.381 e. The highest BCUT2D eigenvalue weighted by atomic mass is 32.2. The standard InChI is InChI=1S/C15H25N5O2S/c1-11-4-3-5-12(2)19(11)14(21)10-23-15-16-17-18-20(15)13-6-8-22-9-7-13/h11-13H,3-10H2,1-2H3. The zero-order valence-corrected chi connectivity index (χ0v) is 14.7. The maximum atomic E-state index is 12.6. The van der Waals surface area contributed by atoms with E-state index < -0.39 is 0 Å². The van der Waals surface area contributed by atoms with Crippen molar-refractivity contribution in [3.05, 3.63) is 0 Å². The lowest BCUT2D eigenvalue weighted by Gasteiger charge is -2.39. The summed E-state index contributed by atoms with van der Waals surface area (Å²) in [5.74, 6) is 0.592. The molecule has 23 heavy (non-hydrogen) atoms. The second kappa shape index (κ2) is 7.61. The summed E-state index contributed by atoms with van der Waals surface area (Å²) in [4.78, 5) is 14.6. The Morgan fingerprint density at radius 3 is 2.61 bits per heavy atom. The quantitative estimate of drug-likeness (QED) is 0.780. The molecule has 0 aromatic carbocycles. The van der Waals surface area contributed by atoms with E-state index in [0.717, 1.165) is 44.1 Å². The first-order chi connectivity index (χ1) is 11.2. The maximum Gasteiger partial charge on any atom is 0.233 e. The number of aromatic nitrogens is 4. The first kappa shape index (κ1) is 16.7. The molecule has 1 aromatic heterocycles. The maximum absolute atomic E-state index is 12.6. The van der Waals surface area contributed by atoms with E-state index in [9.17, 15) is 4.79 Å². The second-order valence-corrected chi connectivity index (χ2v) is 7.41. The van der Waals surface area contributed by atoms with Crippen molar-refractivity contribution in [3.63, 3.8) is 0 Å². The molecule has 8 heteroatoms. The van der Waals surface area contributed by atoms with E-state index in [1.54, 1.807) is 0 Å². The number of nitrogens with zero attached hydrogens (tertiary/aromatic N) is 5. The van der Waals surface area contributed by atoms with Gasteiger partial charge in [-0.1, -0.05) is 11.8 Å². The van der Waals surface area contributed by atoms with E-state index in [4.69, 9.17) is 4.74 Å². The fourth-order valence-electron chi connectivity index (χ4n) is 3.55. The number of likely N-dealkylation sites (tertiary alicyclic amines) is 1. The molecule has 0 spiro atoms. The van der Waals surface area contributed by atoms with Crippen LogP contribution in [0.5, 0.6) is 0 Å².